The zero-order chi connectivity index (χ0) is 14.5. The number of hydrogen-bond acceptors (Lipinski definition) is 3. The van der Waals surface area contributed by atoms with Crippen LogP contribution in [-0.4, -0.2) is 11.7 Å². The number of rotatable bonds is 5. The van der Waals surface area contributed by atoms with Crippen LogP contribution < -0.4 is 5.32 Å². The lowest BCUT2D eigenvalue weighted by atomic mass is 10.3. The zero-order valence-electron chi connectivity index (χ0n) is 10.2. The number of halogens is 3. The van der Waals surface area contributed by atoms with Crippen molar-refractivity contribution in [3.8, 4) is 0 Å². The quantitative estimate of drug-likeness (QED) is 0.869. The molecule has 1 aromatic heterocycles. The second kappa shape index (κ2) is 7.06. The van der Waals surface area contributed by atoms with Gasteiger partial charge in [-0.2, -0.15) is 0 Å². The van der Waals surface area contributed by atoms with E-state index in [1.54, 1.807) is 6.07 Å². The maximum absolute atomic E-state index is 13.3. The predicted molar refractivity (Wildman–Crippen MR) is 80.5 cm³/mol. The van der Waals surface area contributed by atoms with Gasteiger partial charge >= 0.3 is 0 Å². The van der Waals surface area contributed by atoms with Crippen molar-refractivity contribution in [2.45, 2.75) is 5.75 Å². The van der Waals surface area contributed by atoms with Crippen molar-refractivity contribution < 1.29 is 13.6 Å². The van der Waals surface area contributed by atoms with Gasteiger partial charge < -0.3 is 5.32 Å². The number of anilines is 1. The van der Waals surface area contributed by atoms with E-state index >= 15 is 0 Å². The number of amides is 1. The number of thioether (sulfide) groups is 1. The third-order valence-corrected chi connectivity index (χ3v) is 4.70. The van der Waals surface area contributed by atoms with E-state index in [1.165, 1.54) is 23.1 Å². The van der Waals surface area contributed by atoms with Crippen LogP contribution in [0, 0.1) is 11.6 Å². The third-order valence-electron chi connectivity index (χ3n) is 2.31. The fourth-order valence-corrected chi connectivity index (χ4v) is 3.48. The standard InChI is InChI=1S/C13H10ClF2NOS2/c14-12-4-2-9(20-12)6-19-7-13(18)17-11-5-8(15)1-3-10(11)16/h1-5H,6-7H2,(H,17,18). The molecule has 0 saturated carbocycles. The number of thiophene rings is 1. The summed E-state index contributed by atoms with van der Waals surface area (Å²) in [6.45, 7) is 0. The fourth-order valence-electron chi connectivity index (χ4n) is 1.45. The highest BCUT2D eigenvalue weighted by molar-refractivity contribution is 7.99. The van der Waals surface area contributed by atoms with E-state index in [-0.39, 0.29) is 17.3 Å². The molecule has 1 heterocycles. The lowest BCUT2D eigenvalue weighted by molar-refractivity contribution is -0.113. The van der Waals surface area contributed by atoms with E-state index in [9.17, 15) is 13.6 Å². The molecule has 20 heavy (non-hydrogen) atoms. The first-order chi connectivity index (χ1) is 9.54. The molecule has 1 aromatic carbocycles. The molecular weight excluding hydrogens is 324 g/mol. The van der Waals surface area contributed by atoms with Gasteiger partial charge in [-0.05, 0) is 24.3 Å². The molecule has 0 atom stereocenters. The molecule has 0 aliphatic carbocycles. The van der Waals surface area contributed by atoms with Gasteiger partial charge in [-0.1, -0.05) is 11.6 Å². The van der Waals surface area contributed by atoms with E-state index in [0.717, 1.165) is 23.1 Å². The van der Waals surface area contributed by atoms with Gasteiger partial charge in [-0.15, -0.1) is 23.1 Å². The SMILES string of the molecule is O=C(CSCc1ccc(Cl)s1)Nc1cc(F)ccc1F. The molecule has 0 radical (unpaired) electrons. The zero-order valence-corrected chi connectivity index (χ0v) is 12.5. The number of hydrogen-bond donors (Lipinski definition) is 1. The molecule has 0 bridgehead atoms. The normalized spacial score (nSPS) is 10.6. The van der Waals surface area contributed by atoms with E-state index < -0.39 is 11.6 Å². The van der Waals surface area contributed by atoms with Gasteiger partial charge in [-0.25, -0.2) is 8.78 Å². The van der Waals surface area contributed by atoms with Crippen LogP contribution in [0.15, 0.2) is 30.3 Å². The van der Waals surface area contributed by atoms with Gasteiger partial charge in [0, 0.05) is 16.7 Å². The van der Waals surface area contributed by atoms with E-state index in [4.69, 9.17) is 11.6 Å². The Balaban J connectivity index is 1.82. The van der Waals surface area contributed by atoms with Gasteiger partial charge in [0.05, 0.1) is 15.8 Å². The molecule has 0 unspecified atom stereocenters. The highest BCUT2D eigenvalue weighted by Crippen LogP contribution is 2.25. The Hall–Kier alpha value is -1.11. The minimum Gasteiger partial charge on any atom is -0.323 e. The fraction of sp³-hybridized carbons (Fsp3) is 0.154. The topological polar surface area (TPSA) is 29.1 Å². The summed E-state index contributed by atoms with van der Waals surface area (Å²) >= 11 is 8.63. The minimum absolute atomic E-state index is 0.144. The van der Waals surface area contributed by atoms with Crippen LogP contribution in [0.25, 0.3) is 0 Å². The molecule has 1 amide bonds. The first-order valence-electron chi connectivity index (χ1n) is 5.61. The Morgan fingerprint density at radius 2 is 2.10 bits per heavy atom. The van der Waals surface area contributed by atoms with Crippen molar-refractivity contribution in [2.75, 3.05) is 11.1 Å². The Morgan fingerprint density at radius 3 is 2.80 bits per heavy atom. The van der Waals surface area contributed by atoms with Gasteiger partial charge in [0.2, 0.25) is 5.91 Å². The van der Waals surface area contributed by atoms with Crippen molar-refractivity contribution >= 4 is 46.3 Å². The van der Waals surface area contributed by atoms with Gasteiger partial charge in [0.25, 0.3) is 0 Å². The molecule has 1 N–H and O–H groups in total. The summed E-state index contributed by atoms with van der Waals surface area (Å²) < 4.78 is 27.0. The Kier molecular flexibility index (Phi) is 5.39. The molecule has 0 spiro atoms. The molecule has 106 valence electrons. The largest absolute Gasteiger partial charge is 0.323 e. The number of carbonyl (C=O) groups excluding carboxylic acids is 1. The second-order valence-corrected chi connectivity index (χ2v) is 6.66. The van der Waals surface area contributed by atoms with Crippen LogP contribution >= 0.6 is 34.7 Å². The van der Waals surface area contributed by atoms with Crippen molar-refractivity contribution in [1.82, 2.24) is 0 Å². The minimum atomic E-state index is -0.658. The summed E-state index contributed by atoms with van der Waals surface area (Å²) in [6.07, 6.45) is 0. The average Bonchev–Trinajstić information content (AvgIpc) is 2.80. The van der Waals surface area contributed by atoms with Crippen molar-refractivity contribution in [3.05, 3.63) is 51.2 Å². The van der Waals surface area contributed by atoms with Gasteiger partial charge in [-0.3, -0.25) is 4.79 Å². The summed E-state index contributed by atoms with van der Waals surface area (Å²) in [4.78, 5) is 12.7. The van der Waals surface area contributed by atoms with Crippen LogP contribution in [0.3, 0.4) is 0 Å². The van der Waals surface area contributed by atoms with Crippen molar-refractivity contribution in [3.63, 3.8) is 0 Å². The summed E-state index contributed by atoms with van der Waals surface area (Å²) in [7, 11) is 0. The first-order valence-corrected chi connectivity index (χ1v) is 7.96. The Bertz CT molecular complexity index is 618. The average molecular weight is 334 g/mol. The van der Waals surface area contributed by atoms with E-state index in [1.807, 2.05) is 6.07 Å². The Labute approximate surface area is 128 Å². The van der Waals surface area contributed by atoms with Crippen molar-refractivity contribution in [2.24, 2.45) is 0 Å². The monoisotopic (exact) mass is 333 g/mol. The maximum Gasteiger partial charge on any atom is 0.234 e. The molecule has 0 fully saturated rings. The smallest absolute Gasteiger partial charge is 0.234 e. The Morgan fingerprint density at radius 1 is 1.30 bits per heavy atom. The van der Waals surface area contributed by atoms with Crippen molar-refractivity contribution in [1.29, 1.82) is 0 Å². The van der Waals surface area contributed by atoms with E-state index in [2.05, 4.69) is 5.32 Å². The molecule has 0 aliphatic heterocycles. The maximum atomic E-state index is 13.3. The molecule has 7 heteroatoms. The summed E-state index contributed by atoms with van der Waals surface area (Å²) in [5.41, 5.74) is -0.144. The van der Waals surface area contributed by atoms with Crippen LogP contribution in [0.4, 0.5) is 14.5 Å². The predicted octanol–water partition coefficient (Wildman–Crippen LogP) is 4.55. The number of nitrogens with one attached hydrogen (secondary N) is 1. The summed E-state index contributed by atoms with van der Waals surface area (Å²) in [5, 5.41) is 2.35. The van der Waals surface area contributed by atoms with Gasteiger partial charge in [0.15, 0.2) is 0 Å². The summed E-state index contributed by atoms with van der Waals surface area (Å²) in [6, 6.07) is 6.62. The van der Waals surface area contributed by atoms with Crippen LogP contribution in [0.5, 0.6) is 0 Å². The second-order valence-electron chi connectivity index (χ2n) is 3.87. The molecule has 2 rings (SSSR count). The molecule has 0 aliphatic rings. The van der Waals surface area contributed by atoms with Crippen LogP contribution in [-0.2, 0) is 10.5 Å². The highest BCUT2D eigenvalue weighted by atomic mass is 35.5. The lowest BCUT2D eigenvalue weighted by Crippen LogP contribution is -2.15. The third kappa shape index (κ3) is 4.47. The first kappa shape index (κ1) is 15.3. The summed E-state index contributed by atoms with van der Waals surface area (Å²) in [5.74, 6) is -0.818. The van der Waals surface area contributed by atoms with Gasteiger partial charge in [0.1, 0.15) is 11.6 Å². The number of carbonyl (C=O) groups is 1. The van der Waals surface area contributed by atoms with Crippen LogP contribution in [0.2, 0.25) is 4.34 Å². The lowest BCUT2D eigenvalue weighted by Gasteiger charge is -2.06. The molecule has 2 aromatic rings. The molecule has 0 saturated heterocycles. The van der Waals surface area contributed by atoms with Crippen LogP contribution in [0.1, 0.15) is 4.88 Å². The molecular formula is C13H10ClF2NOS2. The van der Waals surface area contributed by atoms with E-state index in [0.29, 0.717) is 10.1 Å². The highest BCUT2D eigenvalue weighted by Gasteiger charge is 2.08. The number of benzene rings is 1. The molecule has 2 nitrogen and oxygen atoms in total.